The van der Waals surface area contributed by atoms with Gasteiger partial charge in [-0.05, 0) is 0 Å². The molecule has 1 aromatic heterocycles. The minimum absolute atomic E-state index is 0.535. The van der Waals surface area contributed by atoms with Crippen molar-refractivity contribution in [2.45, 2.75) is 6.42 Å². The Morgan fingerprint density at radius 2 is 2.67 bits per heavy atom. The van der Waals surface area contributed by atoms with Crippen molar-refractivity contribution in [1.82, 2.24) is 15.4 Å². The normalized spacial score (nSPS) is 9.89. The maximum atomic E-state index is 8.17. The molecule has 1 rings (SSSR count). The van der Waals surface area contributed by atoms with Gasteiger partial charge in [0.05, 0.1) is 0 Å². The molecule has 0 fully saturated rings. The van der Waals surface area contributed by atoms with Crippen molar-refractivity contribution in [3.05, 3.63) is 18.2 Å². The summed E-state index contributed by atoms with van der Waals surface area (Å²) in [4.78, 5) is 6.86. The topological polar surface area (TPSA) is 60.9 Å². The summed E-state index contributed by atoms with van der Waals surface area (Å²) < 4.78 is 0. The molecular weight excluding hydrogens is 118 g/mol. The SMILES string of the molecule is ONCCc1ncc[nH]1. The van der Waals surface area contributed by atoms with Gasteiger partial charge in [0.1, 0.15) is 5.82 Å². The van der Waals surface area contributed by atoms with Crippen LogP contribution in [-0.4, -0.2) is 21.7 Å². The van der Waals surface area contributed by atoms with Crippen molar-refractivity contribution >= 4 is 0 Å². The van der Waals surface area contributed by atoms with E-state index in [1.54, 1.807) is 12.4 Å². The Balaban J connectivity index is 2.30. The number of nitrogens with one attached hydrogen (secondary N) is 2. The summed E-state index contributed by atoms with van der Waals surface area (Å²) in [6, 6.07) is 0. The molecule has 50 valence electrons. The van der Waals surface area contributed by atoms with E-state index in [0.29, 0.717) is 6.54 Å². The highest BCUT2D eigenvalue weighted by molar-refractivity contribution is 4.86. The van der Waals surface area contributed by atoms with Gasteiger partial charge in [0.25, 0.3) is 0 Å². The lowest BCUT2D eigenvalue weighted by atomic mass is 10.4. The van der Waals surface area contributed by atoms with E-state index in [-0.39, 0.29) is 0 Å². The van der Waals surface area contributed by atoms with Crippen LogP contribution < -0.4 is 5.48 Å². The van der Waals surface area contributed by atoms with Crippen LogP contribution in [0.3, 0.4) is 0 Å². The second-order valence-electron chi connectivity index (χ2n) is 1.69. The van der Waals surface area contributed by atoms with Crippen molar-refractivity contribution in [2.24, 2.45) is 0 Å². The maximum Gasteiger partial charge on any atom is 0.107 e. The summed E-state index contributed by atoms with van der Waals surface area (Å²) in [6.07, 6.45) is 4.17. The molecule has 0 aromatic carbocycles. The summed E-state index contributed by atoms with van der Waals surface area (Å²) in [7, 11) is 0. The third-order valence-corrected chi connectivity index (χ3v) is 1.03. The summed E-state index contributed by atoms with van der Waals surface area (Å²) in [5.74, 6) is 0.886. The van der Waals surface area contributed by atoms with Crippen LogP contribution in [0.25, 0.3) is 0 Å². The number of hydrogen-bond donors (Lipinski definition) is 3. The van der Waals surface area contributed by atoms with Gasteiger partial charge in [-0.2, -0.15) is 0 Å². The first-order chi connectivity index (χ1) is 4.43. The molecule has 0 aliphatic heterocycles. The van der Waals surface area contributed by atoms with Crippen molar-refractivity contribution in [1.29, 1.82) is 0 Å². The zero-order chi connectivity index (χ0) is 6.53. The fraction of sp³-hybridized carbons (Fsp3) is 0.400. The second-order valence-corrected chi connectivity index (χ2v) is 1.69. The molecule has 0 aliphatic carbocycles. The monoisotopic (exact) mass is 127 g/mol. The lowest BCUT2D eigenvalue weighted by Crippen LogP contribution is -2.11. The van der Waals surface area contributed by atoms with E-state index in [9.17, 15) is 0 Å². The molecule has 1 aromatic rings. The van der Waals surface area contributed by atoms with E-state index in [1.165, 1.54) is 0 Å². The number of hydrogen-bond acceptors (Lipinski definition) is 3. The Morgan fingerprint density at radius 3 is 3.22 bits per heavy atom. The van der Waals surface area contributed by atoms with E-state index >= 15 is 0 Å². The van der Waals surface area contributed by atoms with Crippen molar-refractivity contribution < 1.29 is 5.21 Å². The molecule has 0 bridgehead atoms. The van der Waals surface area contributed by atoms with Gasteiger partial charge in [-0.1, -0.05) is 0 Å². The highest BCUT2D eigenvalue weighted by Gasteiger charge is 1.90. The zero-order valence-electron chi connectivity index (χ0n) is 4.96. The maximum absolute atomic E-state index is 8.17. The number of nitrogens with zero attached hydrogens (tertiary/aromatic N) is 1. The molecule has 1 heterocycles. The first-order valence-corrected chi connectivity index (χ1v) is 2.78. The Hall–Kier alpha value is -0.870. The van der Waals surface area contributed by atoms with Gasteiger partial charge < -0.3 is 10.2 Å². The van der Waals surface area contributed by atoms with Crippen LogP contribution >= 0.6 is 0 Å². The average Bonchev–Trinajstić information content (AvgIpc) is 2.34. The van der Waals surface area contributed by atoms with Crippen LogP contribution in [0.4, 0.5) is 0 Å². The quantitative estimate of drug-likeness (QED) is 0.498. The molecule has 0 aliphatic rings. The van der Waals surface area contributed by atoms with Gasteiger partial charge in [-0.15, -0.1) is 0 Å². The van der Waals surface area contributed by atoms with Gasteiger partial charge in [0.15, 0.2) is 0 Å². The molecule has 0 radical (unpaired) electrons. The third kappa shape index (κ3) is 1.83. The molecule has 4 nitrogen and oxygen atoms in total. The summed E-state index contributed by atoms with van der Waals surface area (Å²) in [6.45, 7) is 0.535. The van der Waals surface area contributed by atoms with E-state index in [1.807, 2.05) is 5.48 Å². The van der Waals surface area contributed by atoms with Crippen LogP contribution in [-0.2, 0) is 6.42 Å². The van der Waals surface area contributed by atoms with E-state index < -0.39 is 0 Å². The number of imidazole rings is 1. The van der Waals surface area contributed by atoms with E-state index in [2.05, 4.69) is 9.97 Å². The molecule has 0 saturated heterocycles. The number of H-pyrrole nitrogens is 1. The average molecular weight is 127 g/mol. The second kappa shape index (κ2) is 3.21. The minimum Gasteiger partial charge on any atom is -0.349 e. The highest BCUT2D eigenvalue weighted by Crippen LogP contribution is 1.86. The molecule has 0 amide bonds. The summed E-state index contributed by atoms with van der Waals surface area (Å²) in [5.41, 5.74) is 2.05. The molecular formula is C5H9N3O. The summed E-state index contributed by atoms with van der Waals surface area (Å²) in [5, 5.41) is 8.17. The fourth-order valence-electron chi connectivity index (χ4n) is 0.609. The van der Waals surface area contributed by atoms with Crippen LogP contribution in [0, 0.1) is 0 Å². The molecule has 0 spiro atoms. The number of aromatic nitrogens is 2. The van der Waals surface area contributed by atoms with E-state index in [4.69, 9.17) is 5.21 Å². The number of aromatic amines is 1. The van der Waals surface area contributed by atoms with Gasteiger partial charge in [0.2, 0.25) is 0 Å². The Bertz CT molecular complexity index is 149. The molecule has 0 atom stereocenters. The Kier molecular flexibility index (Phi) is 2.23. The third-order valence-electron chi connectivity index (χ3n) is 1.03. The molecule has 9 heavy (non-hydrogen) atoms. The Morgan fingerprint density at radius 1 is 1.78 bits per heavy atom. The standard InChI is InChI=1S/C5H9N3O/c9-8-2-1-5-6-3-4-7-5/h3-4,8-9H,1-2H2,(H,6,7). The molecule has 0 saturated carbocycles. The van der Waals surface area contributed by atoms with Gasteiger partial charge in [-0.3, -0.25) is 0 Å². The fourth-order valence-corrected chi connectivity index (χ4v) is 0.609. The smallest absolute Gasteiger partial charge is 0.107 e. The highest BCUT2D eigenvalue weighted by atomic mass is 16.5. The summed E-state index contributed by atoms with van der Waals surface area (Å²) >= 11 is 0. The van der Waals surface area contributed by atoms with Crippen molar-refractivity contribution in [3.8, 4) is 0 Å². The van der Waals surface area contributed by atoms with Crippen molar-refractivity contribution in [2.75, 3.05) is 6.54 Å². The van der Waals surface area contributed by atoms with Gasteiger partial charge >= 0.3 is 0 Å². The van der Waals surface area contributed by atoms with Crippen molar-refractivity contribution in [3.63, 3.8) is 0 Å². The predicted octanol–water partition coefficient (Wildman–Crippen LogP) is -0.0690. The molecule has 4 heteroatoms. The van der Waals surface area contributed by atoms with Gasteiger partial charge in [0, 0.05) is 25.4 Å². The van der Waals surface area contributed by atoms with Crippen LogP contribution in [0.2, 0.25) is 0 Å². The first-order valence-electron chi connectivity index (χ1n) is 2.78. The molecule has 0 unspecified atom stereocenters. The van der Waals surface area contributed by atoms with Crippen LogP contribution in [0.1, 0.15) is 5.82 Å². The lowest BCUT2D eigenvalue weighted by Gasteiger charge is -1.91. The van der Waals surface area contributed by atoms with Crippen LogP contribution in [0.5, 0.6) is 0 Å². The van der Waals surface area contributed by atoms with Crippen LogP contribution in [0.15, 0.2) is 12.4 Å². The minimum atomic E-state index is 0.535. The Labute approximate surface area is 52.9 Å². The first kappa shape index (κ1) is 6.25. The van der Waals surface area contributed by atoms with Gasteiger partial charge in [-0.25, -0.2) is 10.5 Å². The number of hydroxylamine groups is 1. The predicted molar refractivity (Wildman–Crippen MR) is 32.1 cm³/mol. The largest absolute Gasteiger partial charge is 0.349 e. The zero-order valence-corrected chi connectivity index (χ0v) is 4.96. The molecule has 3 N–H and O–H groups in total. The number of rotatable bonds is 3. The van der Waals surface area contributed by atoms with E-state index in [0.717, 1.165) is 12.2 Å². The lowest BCUT2D eigenvalue weighted by molar-refractivity contribution is 0.168.